The van der Waals surface area contributed by atoms with Crippen molar-refractivity contribution < 1.29 is 4.79 Å². The van der Waals surface area contributed by atoms with Gasteiger partial charge in [-0.15, -0.1) is 0 Å². The second-order valence-electron chi connectivity index (χ2n) is 4.80. The van der Waals surface area contributed by atoms with Gasteiger partial charge in [0.05, 0.1) is 5.02 Å². The number of carbonyl (C=O) groups is 1. The van der Waals surface area contributed by atoms with Crippen molar-refractivity contribution in [2.24, 2.45) is 0 Å². The second-order valence-corrected chi connectivity index (χ2v) is 7.40. The summed E-state index contributed by atoms with van der Waals surface area (Å²) in [7, 11) is 0. The van der Waals surface area contributed by atoms with Gasteiger partial charge in [0.2, 0.25) is 0 Å². The first-order valence-electron chi connectivity index (χ1n) is 5.64. The summed E-state index contributed by atoms with van der Waals surface area (Å²) in [5.41, 5.74) is 0.242. The van der Waals surface area contributed by atoms with Crippen LogP contribution in [-0.4, -0.2) is 39.4 Å². The van der Waals surface area contributed by atoms with Crippen LogP contribution in [0.1, 0.15) is 24.3 Å². The van der Waals surface area contributed by atoms with E-state index in [1.54, 1.807) is 17.0 Å². The lowest BCUT2D eigenvalue weighted by Crippen LogP contribution is -2.46. The maximum atomic E-state index is 12.4. The summed E-state index contributed by atoms with van der Waals surface area (Å²) in [5.74, 6) is 0.785. The van der Waals surface area contributed by atoms with E-state index in [4.69, 9.17) is 23.2 Å². The van der Waals surface area contributed by atoms with E-state index < -0.39 is 0 Å². The van der Waals surface area contributed by atoms with E-state index in [0.717, 1.165) is 12.3 Å². The first-order chi connectivity index (χ1) is 8.39. The molecule has 1 saturated heterocycles. The summed E-state index contributed by atoms with van der Waals surface area (Å²) < 4.78 is 0.0684. The van der Waals surface area contributed by atoms with Crippen LogP contribution >= 0.6 is 35.0 Å². The quantitative estimate of drug-likeness (QED) is 0.746. The minimum Gasteiger partial charge on any atom is -0.335 e. The number of aromatic nitrogens is 1. The molecule has 0 aliphatic carbocycles. The standard InChI is InChI=1S/C12H14Cl2N2OS/c1-12(2)7-16(5-6-18-12)11(17)10-8(13)3-4-9(14)15-10/h3-4H,5-7H2,1-2H3. The molecule has 2 heterocycles. The molecule has 3 nitrogen and oxygen atoms in total. The molecule has 0 radical (unpaired) electrons. The van der Waals surface area contributed by atoms with Crippen LogP contribution in [-0.2, 0) is 0 Å². The maximum absolute atomic E-state index is 12.4. The predicted octanol–water partition coefficient (Wildman–Crippen LogP) is 3.36. The molecule has 1 aliphatic heterocycles. The lowest BCUT2D eigenvalue weighted by atomic mass is 10.1. The number of pyridine rings is 1. The first kappa shape index (κ1) is 14.0. The molecule has 18 heavy (non-hydrogen) atoms. The zero-order valence-corrected chi connectivity index (χ0v) is 12.6. The highest BCUT2D eigenvalue weighted by Crippen LogP contribution is 2.30. The van der Waals surface area contributed by atoms with Crippen LogP contribution in [0.5, 0.6) is 0 Å². The Bertz CT molecular complexity index is 479. The van der Waals surface area contributed by atoms with Crippen LogP contribution in [0.4, 0.5) is 0 Å². The highest BCUT2D eigenvalue weighted by molar-refractivity contribution is 8.00. The van der Waals surface area contributed by atoms with E-state index in [1.807, 2.05) is 11.8 Å². The summed E-state index contributed by atoms with van der Waals surface area (Å²) in [6, 6.07) is 3.19. The summed E-state index contributed by atoms with van der Waals surface area (Å²) in [4.78, 5) is 18.2. The minimum atomic E-state index is -0.143. The second kappa shape index (κ2) is 5.27. The molecule has 2 rings (SSSR count). The van der Waals surface area contributed by atoms with E-state index in [-0.39, 0.29) is 21.5 Å². The third kappa shape index (κ3) is 3.11. The molecule has 6 heteroatoms. The zero-order valence-electron chi connectivity index (χ0n) is 10.2. The average molecular weight is 305 g/mol. The number of amides is 1. The summed E-state index contributed by atoms with van der Waals surface area (Å²) in [6.45, 7) is 5.67. The highest BCUT2D eigenvalue weighted by atomic mass is 35.5. The Morgan fingerprint density at radius 3 is 2.83 bits per heavy atom. The lowest BCUT2D eigenvalue weighted by molar-refractivity contribution is 0.0742. The number of hydrogen-bond donors (Lipinski definition) is 0. The molecule has 1 fully saturated rings. The number of hydrogen-bond acceptors (Lipinski definition) is 3. The van der Waals surface area contributed by atoms with Crippen molar-refractivity contribution in [1.82, 2.24) is 9.88 Å². The van der Waals surface area contributed by atoms with Crippen molar-refractivity contribution in [3.63, 3.8) is 0 Å². The van der Waals surface area contributed by atoms with E-state index in [1.165, 1.54) is 0 Å². The zero-order chi connectivity index (χ0) is 13.3. The largest absolute Gasteiger partial charge is 0.335 e. The van der Waals surface area contributed by atoms with E-state index in [2.05, 4.69) is 18.8 Å². The number of nitrogens with zero attached hydrogens (tertiary/aromatic N) is 2. The van der Waals surface area contributed by atoms with Crippen molar-refractivity contribution in [2.45, 2.75) is 18.6 Å². The number of carbonyl (C=O) groups excluding carboxylic acids is 1. The van der Waals surface area contributed by atoms with Crippen molar-refractivity contribution in [3.8, 4) is 0 Å². The molecule has 0 saturated carbocycles. The molecular weight excluding hydrogens is 291 g/mol. The molecule has 0 unspecified atom stereocenters. The molecule has 0 aromatic carbocycles. The molecular formula is C12H14Cl2N2OS. The summed E-state index contributed by atoms with van der Waals surface area (Å²) in [5, 5.41) is 0.633. The monoisotopic (exact) mass is 304 g/mol. The van der Waals surface area contributed by atoms with Gasteiger partial charge in [-0.25, -0.2) is 4.98 Å². The Balaban J connectivity index is 2.23. The topological polar surface area (TPSA) is 33.2 Å². The summed E-state index contributed by atoms with van der Waals surface area (Å²) >= 11 is 13.7. The van der Waals surface area contributed by atoms with Crippen LogP contribution in [0.2, 0.25) is 10.2 Å². The SMILES string of the molecule is CC1(C)CN(C(=O)c2nc(Cl)ccc2Cl)CCS1. The third-order valence-corrected chi connectivity index (χ3v) is 4.54. The number of rotatable bonds is 1. The molecule has 0 bridgehead atoms. The van der Waals surface area contributed by atoms with Gasteiger partial charge >= 0.3 is 0 Å². The van der Waals surface area contributed by atoms with Gasteiger partial charge in [0.25, 0.3) is 5.91 Å². The third-order valence-electron chi connectivity index (χ3n) is 2.73. The molecule has 1 aromatic rings. The van der Waals surface area contributed by atoms with Gasteiger partial charge in [0.1, 0.15) is 10.8 Å². The van der Waals surface area contributed by atoms with Crippen molar-refractivity contribution >= 4 is 40.9 Å². The van der Waals surface area contributed by atoms with Crippen LogP contribution in [0, 0.1) is 0 Å². The van der Waals surface area contributed by atoms with Gasteiger partial charge in [-0.3, -0.25) is 4.79 Å². The molecule has 0 N–H and O–H groups in total. The fourth-order valence-corrected chi connectivity index (χ4v) is 3.35. The molecule has 1 aliphatic rings. The Morgan fingerprint density at radius 2 is 2.17 bits per heavy atom. The van der Waals surface area contributed by atoms with E-state index in [0.29, 0.717) is 11.6 Å². The molecule has 98 valence electrons. The van der Waals surface area contributed by atoms with Gasteiger partial charge in [-0.05, 0) is 26.0 Å². The predicted molar refractivity (Wildman–Crippen MR) is 76.7 cm³/mol. The smallest absolute Gasteiger partial charge is 0.274 e. The van der Waals surface area contributed by atoms with Crippen molar-refractivity contribution in [1.29, 1.82) is 0 Å². The fourth-order valence-electron chi connectivity index (χ4n) is 1.91. The molecule has 1 aromatic heterocycles. The highest BCUT2D eigenvalue weighted by Gasteiger charge is 2.31. The van der Waals surface area contributed by atoms with Crippen molar-refractivity contribution in [2.75, 3.05) is 18.8 Å². The minimum absolute atomic E-state index is 0.0684. The Kier molecular flexibility index (Phi) is 4.09. The van der Waals surface area contributed by atoms with Gasteiger partial charge < -0.3 is 4.90 Å². The first-order valence-corrected chi connectivity index (χ1v) is 7.38. The average Bonchev–Trinajstić information content (AvgIpc) is 2.30. The van der Waals surface area contributed by atoms with Crippen LogP contribution in [0.15, 0.2) is 12.1 Å². The van der Waals surface area contributed by atoms with E-state index in [9.17, 15) is 4.79 Å². The number of thioether (sulfide) groups is 1. The van der Waals surface area contributed by atoms with Crippen LogP contribution in [0.25, 0.3) is 0 Å². The maximum Gasteiger partial charge on any atom is 0.274 e. The van der Waals surface area contributed by atoms with Gasteiger partial charge in [-0.1, -0.05) is 23.2 Å². The van der Waals surface area contributed by atoms with E-state index >= 15 is 0 Å². The number of halogens is 2. The van der Waals surface area contributed by atoms with Crippen LogP contribution < -0.4 is 0 Å². The normalized spacial score (nSPS) is 18.8. The van der Waals surface area contributed by atoms with Gasteiger partial charge in [-0.2, -0.15) is 11.8 Å². The molecule has 0 atom stereocenters. The van der Waals surface area contributed by atoms with Crippen molar-refractivity contribution in [3.05, 3.63) is 28.0 Å². The van der Waals surface area contributed by atoms with Gasteiger partial charge in [0, 0.05) is 23.6 Å². The Hall–Kier alpha value is -0.450. The Labute approximate surface area is 121 Å². The Morgan fingerprint density at radius 1 is 1.44 bits per heavy atom. The molecule has 1 amide bonds. The molecule has 0 spiro atoms. The lowest BCUT2D eigenvalue weighted by Gasteiger charge is -2.37. The fraction of sp³-hybridized carbons (Fsp3) is 0.500. The van der Waals surface area contributed by atoms with Crippen LogP contribution in [0.3, 0.4) is 0 Å². The van der Waals surface area contributed by atoms with Gasteiger partial charge in [0.15, 0.2) is 0 Å². The summed E-state index contributed by atoms with van der Waals surface area (Å²) in [6.07, 6.45) is 0.